The topological polar surface area (TPSA) is 46.9 Å². The van der Waals surface area contributed by atoms with Crippen molar-refractivity contribution in [3.63, 3.8) is 0 Å². The van der Waals surface area contributed by atoms with Crippen LogP contribution in [0, 0.1) is 5.92 Å². The van der Waals surface area contributed by atoms with Gasteiger partial charge in [0.15, 0.2) is 0 Å². The van der Waals surface area contributed by atoms with Crippen LogP contribution in [-0.2, 0) is 17.8 Å². The van der Waals surface area contributed by atoms with E-state index in [2.05, 4.69) is 48.9 Å². The van der Waals surface area contributed by atoms with E-state index in [1.54, 1.807) is 0 Å². The molecule has 0 saturated carbocycles. The second kappa shape index (κ2) is 7.97. The summed E-state index contributed by atoms with van der Waals surface area (Å²) in [6, 6.07) is 8.24. The number of nitrogens with one attached hydrogen (secondary N) is 1. The highest BCUT2D eigenvalue weighted by atomic mass is 16.1. The first-order valence-corrected chi connectivity index (χ1v) is 8.43. The third kappa shape index (κ3) is 3.67. The second-order valence-electron chi connectivity index (χ2n) is 5.67. The lowest BCUT2D eigenvalue weighted by atomic mass is 10.0. The number of amides is 1. The van der Waals surface area contributed by atoms with Crippen molar-refractivity contribution < 1.29 is 4.79 Å². The van der Waals surface area contributed by atoms with Gasteiger partial charge >= 0.3 is 0 Å². The minimum atomic E-state index is 0.153. The molecule has 0 aliphatic heterocycles. The number of rotatable bonds is 8. The van der Waals surface area contributed by atoms with Crippen molar-refractivity contribution >= 4 is 16.9 Å². The lowest BCUT2D eigenvalue weighted by Crippen LogP contribution is -2.31. The molecule has 4 heteroatoms. The van der Waals surface area contributed by atoms with Gasteiger partial charge in [0, 0.05) is 25.4 Å². The number of carbonyl (C=O) groups is 1. The smallest absolute Gasteiger partial charge is 0.223 e. The lowest BCUT2D eigenvalue weighted by Gasteiger charge is -2.12. The average molecular weight is 301 g/mol. The van der Waals surface area contributed by atoms with E-state index in [9.17, 15) is 4.79 Å². The van der Waals surface area contributed by atoms with Crippen LogP contribution in [0.4, 0.5) is 0 Å². The Morgan fingerprint density at radius 3 is 2.64 bits per heavy atom. The fraction of sp³-hybridized carbons (Fsp3) is 0.556. The Morgan fingerprint density at radius 2 is 1.95 bits per heavy atom. The van der Waals surface area contributed by atoms with Crippen molar-refractivity contribution in [2.24, 2.45) is 5.92 Å². The van der Waals surface area contributed by atoms with Gasteiger partial charge in [-0.1, -0.05) is 26.0 Å². The van der Waals surface area contributed by atoms with E-state index in [1.807, 2.05) is 6.07 Å². The molecule has 1 aromatic heterocycles. The largest absolute Gasteiger partial charge is 0.356 e. The van der Waals surface area contributed by atoms with Crippen molar-refractivity contribution in [2.45, 2.75) is 53.0 Å². The zero-order valence-corrected chi connectivity index (χ0v) is 13.9. The van der Waals surface area contributed by atoms with Crippen LogP contribution in [0.2, 0.25) is 0 Å². The van der Waals surface area contributed by atoms with E-state index >= 15 is 0 Å². The minimum absolute atomic E-state index is 0.153. The molecule has 0 radical (unpaired) electrons. The summed E-state index contributed by atoms with van der Waals surface area (Å²) in [6.45, 7) is 7.93. The molecular formula is C18H27N3O. The highest BCUT2D eigenvalue weighted by Gasteiger charge is 2.13. The Balaban J connectivity index is 1.91. The molecule has 2 aromatic rings. The van der Waals surface area contributed by atoms with Crippen molar-refractivity contribution in [3.05, 3.63) is 30.1 Å². The van der Waals surface area contributed by atoms with E-state index in [4.69, 9.17) is 4.98 Å². The van der Waals surface area contributed by atoms with Gasteiger partial charge < -0.3 is 9.88 Å². The molecule has 1 heterocycles. The molecule has 0 aliphatic carbocycles. The van der Waals surface area contributed by atoms with Gasteiger partial charge in [0.1, 0.15) is 5.82 Å². The van der Waals surface area contributed by atoms with Crippen LogP contribution in [0.25, 0.3) is 11.0 Å². The van der Waals surface area contributed by atoms with E-state index in [-0.39, 0.29) is 11.8 Å². The summed E-state index contributed by atoms with van der Waals surface area (Å²) in [5, 5.41) is 3.05. The molecule has 120 valence electrons. The maximum Gasteiger partial charge on any atom is 0.223 e. The first-order chi connectivity index (χ1) is 10.7. The Morgan fingerprint density at radius 1 is 1.23 bits per heavy atom. The van der Waals surface area contributed by atoms with E-state index < -0.39 is 0 Å². The predicted molar refractivity (Wildman–Crippen MR) is 90.8 cm³/mol. The van der Waals surface area contributed by atoms with Crippen LogP contribution < -0.4 is 5.32 Å². The number of para-hydroxylation sites is 2. The first kappa shape index (κ1) is 16.5. The number of carbonyl (C=O) groups excluding carboxylic acids is 1. The quantitative estimate of drug-likeness (QED) is 0.758. The molecule has 0 atom stereocenters. The highest BCUT2D eigenvalue weighted by molar-refractivity contribution is 5.78. The molecule has 0 fully saturated rings. The Hall–Kier alpha value is -1.84. The summed E-state index contributed by atoms with van der Waals surface area (Å²) in [7, 11) is 0. The van der Waals surface area contributed by atoms with Gasteiger partial charge in [-0.2, -0.15) is 0 Å². The molecular weight excluding hydrogens is 274 g/mol. The van der Waals surface area contributed by atoms with E-state index in [0.29, 0.717) is 0 Å². The Kier molecular flexibility index (Phi) is 5.99. The van der Waals surface area contributed by atoms with E-state index in [0.717, 1.165) is 50.1 Å². The van der Waals surface area contributed by atoms with Crippen LogP contribution in [0.3, 0.4) is 0 Å². The summed E-state index contributed by atoms with van der Waals surface area (Å²) in [4.78, 5) is 16.7. The van der Waals surface area contributed by atoms with Gasteiger partial charge in [-0.3, -0.25) is 4.79 Å². The molecule has 0 aliphatic rings. The normalized spacial score (nSPS) is 11.3. The van der Waals surface area contributed by atoms with Gasteiger partial charge in [-0.05, 0) is 38.3 Å². The molecule has 1 N–H and O–H groups in total. The first-order valence-electron chi connectivity index (χ1n) is 8.43. The Bertz CT molecular complexity index is 614. The number of imidazole rings is 1. The van der Waals surface area contributed by atoms with Gasteiger partial charge in [-0.25, -0.2) is 4.98 Å². The number of benzene rings is 1. The summed E-state index contributed by atoms with van der Waals surface area (Å²) in [5.41, 5.74) is 2.25. The molecule has 0 bridgehead atoms. The number of nitrogens with zero attached hydrogens (tertiary/aromatic N) is 2. The van der Waals surface area contributed by atoms with Crippen molar-refractivity contribution in [1.82, 2.24) is 14.9 Å². The zero-order chi connectivity index (χ0) is 15.9. The number of fused-ring (bicyclic) bond motifs is 1. The standard InChI is InChI=1S/C18H27N3O/c1-4-14(5-2)18(22)19-13-9-12-17-20-15-10-7-8-11-16(15)21(17)6-3/h7-8,10-11,14H,4-6,9,12-13H2,1-3H3,(H,19,22). The van der Waals surface area contributed by atoms with Gasteiger partial charge in [0.25, 0.3) is 0 Å². The van der Waals surface area contributed by atoms with Crippen LogP contribution >= 0.6 is 0 Å². The fourth-order valence-electron chi connectivity index (χ4n) is 2.93. The molecule has 22 heavy (non-hydrogen) atoms. The maximum atomic E-state index is 11.9. The van der Waals surface area contributed by atoms with Gasteiger partial charge in [-0.15, -0.1) is 0 Å². The molecule has 0 saturated heterocycles. The van der Waals surface area contributed by atoms with Gasteiger partial charge in [0.2, 0.25) is 5.91 Å². The number of hydrogen-bond donors (Lipinski definition) is 1. The van der Waals surface area contributed by atoms with Crippen molar-refractivity contribution in [2.75, 3.05) is 6.54 Å². The molecule has 1 aromatic carbocycles. The zero-order valence-electron chi connectivity index (χ0n) is 13.9. The summed E-state index contributed by atoms with van der Waals surface area (Å²) in [5.74, 6) is 1.45. The monoisotopic (exact) mass is 301 g/mol. The van der Waals surface area contributed by atoms with Crippen LogP contribution in [0.5, 0.6) is 0 Å². The number of aromatic nitrogens is 2. The third-order valence-corrected chi connectivity index (χ3v) is 4.28. The third-order valence-electron chi connectivity index (χ3n) is 4.28. The lowest BCUT2D eigenvalue weighted by molar-refractivity contribution is -0.125. The molecule has 4 nitrogen and oxygen atoms in total. The summed E-state index contributed by atoms with van der Waals surface area (Å²) in [6.07, 6.45) is 3.64. The summed E-state index contributed by atoms with van der Waals surface area (Å²) >= 11 is 0. The molecule has 2 rings (SSSR count). The molecule has 0 unspecified atom stereocenters. The van der Waals surface area contributed by atoms with Crippen molar-refractivity contribution in [1.29, 1.82) is 0 Å². The van der Waals surface area contributed by atoms with Crippen LogP contribution in [0.15, 0.2) is 24.3 Å². The fourth-order valence-corrected chi connectivity index (χ4v) is 2.93. The predicted octanol–water partition coefficient (Wildman–Crippen LogP) is 3.54. The van der Waals surface area contributed by atoms with Crippen LogP contribution in [-0.4, -0.2) is 22.0 Å². The minimum Gasteiger partial charge on any atom is -0.356 e. The van der Waals surface area contributed by atoms with Crippen LogP contribution in [0.1, 0.15) is 45.9 Å². The number of hydrogen-bond acceptors (Lipinski definition) is 2. The SMILES string of the molecule is CCC(CC)C(=O)NCCCc1nc2ccccc2n1CC. The van der Waals surface area contributed by atoms with Gasteiger partial charge in [0.05, 0.1) is 11.0 Å². The van der Waals surface area contributed by atoms with Crippen molar-refractivity contribution in [3.8, 4) is 0 Å². The highest BCUT2D eigenvalue weighted by Crippen LogP contribution is 2.16. The molecule has 0 spiro atoms. The Labute approximate surface area is 132 Å². The maximum absolute atomic E-state index is 11.9. The van der Waals surface area contributed by atoms with E-state index in [1.165, 1.54) is 5.52 Å². The average Bonchev–Trinajstić information content (AvgIpc) is 2.90. The second-order valence-corrected chi connectivity index (χ2v) is 5.67. The summed E-state index contributed by atoms with van der Waals surface area (Å²) < 4.78 is 2.26. The number of aryl methyl sites for hydroxylation is 2. The molecule has 1 amide bonds.